The van der Waals surface area contributed by atoms with Crippen LogP contribution in [0, 0.1) is 0 Å². The van der Waals surface area contributed by atoms with Crippen LogP contribution in [0.1, 0.15) is 43.8 Å². The Morgan fingerprint density at radius 1 is 1.19 bits per heavy atom. The first-order chi connectivity index (χ1) is 14.9. The number of aromatic nitrogens is 1. The number of amides is 1. The molecule has 0 radical (unpaired) electrons. The van der Waals surface area contributed by atoms with Crippen molar-refractivity contribution in [1.29, 1.82) is 0 Å². The summed E-state index contributed by atoms with van der Waals surface area (Å²) in [5.41, 5.74) is -1.40. The molecule has 0 saturated carbocycles. The van der Waals surface area contributed by atoms with Crippen molar-refractivity contribution in [3.63, 3.8) is 0 Å². The molecule has 2 aromatic rings. The molecule has 1 amide bonds. The molecule has 0 aliphatic carbocycles. The summed E-state index contributed by atoms with van der Waals surface area (Å²) in [6, 6.07) is 2.96. The molecule has 1 aromatic heterocycles. The third-order valence-corrected chi connectivity index (χ3v) is 5.58. The Hall–Kier alpha value is -2.00. The lowest BCUT2D eigenvalue weighted by atomic mass is 9.87. The number of likely N-dealkylation sites (tertiary alicyclic amines) is 1. The van der Waals surface area contributed by atoms with Crippen LogP contribution < -0.4 is 0 Å². The average Bonchev–Trinajstić information content (AvgIpc) is 3.04. The maximum absolute atomic E-state index is 12.9. The predicted molar refractivity (Wildman–Crippen MR) is 119 cm³/mol. The van der Waals surface area contributed by atoms with Crippen molar-refractivity contribution in [1.82, 2.24) is 10.1 Å². The molecule has 174 valence electrons. The number of halogens is 3. The molecule has 0 spiro atoms. The van der Waals surface area contributed by atoms with E-state index < -0.39 is 23.3 Å². The second-order valence-corrected chi connectivity index (χ2v) is 9.49. The molecule has 1 aliphatic heterocycles. The minimum atomic E-state index is -1.13. The van der Waals surface area contributed by atoms with E-state index in [4.69, 9.17) is 53.5 Å². The first-order valence-electron chi connectivity index (χ1n) is 9.77. The average molecular weight is 506 g/mol. The Labute approximate surface area is 200 Å². The third kappa shape index (κ3) is 4.69. The Balaban J connectivity index is 2.04. The third-order valence-electron chi connectivity index (χ3n) is 4.76. The molecule has 3 rings (SSSR count). The van der Waals surface area contributed by atoms with Crippen LogP contribution in [0.25, 0.3) is 11.3 Å². The minimum Gasteiger partial charge on any atom is -0.462 e. The number of carbonyl (C=O) groups is 2. The number of hydrogen-bond acceptors (Lipinski definition) is 7. The molecular weight excluding hydrogens is 483 g/mol. The van der Waals surface area contributed by atoms with E-state index in [2.05, 4.69) is 5.16 Å². The van der Waals surface area contributed by atoms with Crippen molar-refractivity contribution in [2.24, 2.45) is 0 Å². The highest BCUT2D eigenvalue weighted by atomic mass is 35.5. The number of hydrogen-bond donors (Lipinski definition) is 0. The summed E-state index contributed by atoms with van der Waals surface area (Å²) in [6.07, 6.45) is -0.508. The second-order valence-electron chi connectivity index (χ2n) is 8.24. The molecule has 0 atom stereocenters. The number of carbonyl (C=O) groups excluding carboxylic acids is 2. The normalized spacial score (nSPS) is 15.3. The molecule has 1 aromatic carbocycles. The van der Waals surface area contributed by atoms with Crippen LogP contribution in [0.4, 0.5) is 4.79 Å². The van der Waals surface area contributed by atoms with Gasteiger partial charge in [0.15, 0.2) is 11.4 Å². The fourth-order valence-corrected chi connectivity index (χ4v) is 4.32. The molecule has 2 heterocycles. The van der Waals surface area contributed by atoms with Gasteiger partial charge in [0, 0.05) is 17.7 Å². The lowest BCUT2D eigenvalue weighted by Gasteiger charge is -2.47. The zero-order chi connectivity index (χ0) is 23.8. The van der Waals surface area contributed by atoms with E-state index in [0.29, 0.717) is 5.02 Å². The van der Waals surface area contributed by atoms with Gasteiger partial charge in [0.25, 0.3) is 0 Å². The summed E-state index contributed by atoms with van der Waals surface area (Å²) in [5, 5.41) is 4.76. The molecule has 1 fully saturated rings. The number of benzene rings is 1. The van der Waals surface area contributed by atoms with Crippen LogP contribution in [-0.4, -0.2) is 54.5 Å². The van der Waals surface area contributed by atoms with E-state index in [-0.39, 0.29) is 52.3 Å². The SMILES string of the molecule is CCOC(=O)c1c(-c2c(Cl)cc(Cl)cc2Cl)noc1C1(OC)CN(C(=O)OC(C)(C)C)C1. The Morgan fingerprint density at radius 2 is 1.78 bits per heavy atom. The van der Waals surface area contributed by atoms with Crippen molar-refractivity contribution >= 4 is 46.9 Å². The van der Waals surface area contributed by atoms with E-state index >= 15 is 0 Å². The molecule has 32 heavy (non-hydrogen) atoms. The van der Waals surface area contributed by atoms with E-state index in [0.717, 1.165) is 0 Å². The van der Waals surface area contributed by atoms with Gasteiger partial charge in [-0.15, -0.1) is 0 Å². The first-order valence-corrected chi connectivity index (χ1v) is 10.9. The summed E-state index contributed by atoms with van der Waals surface area (Å²) in [7, 11) is 1.45. The molecule has 1 saturated heterocycles. The van der Waals surface area contributed by atoms with Gasteiger partial charge in [-0.05, 0) is 39.8 Å². The highest BCUT2D eigenvalue weighted by Gasteiger charge is 2.54. The second kappa shape index (κ2) is 9.09. The Morgan fingerprint density at radius 3 is 2.28 bits per heavy atom. The van der Waals surface area contributed by atoms with Crippen molar-refractivity contribution in [2.75, 3.05) is 26.8 Å². The van der Waals surface area contributed by atoms with Crippen molar-refractivity contribution < 1.29 is 28.3 Å². The van der Waals surface area contributed by atoms with Gasteiger partial charge < -0.3 is 23.6 Å². The first kappa shape index (κ1) is 24.6. The topological polar surface area (TPSA) is 91.1 Å². The molecule has 0 unspecified atom stereocenters. The van der Waals surface area contributed by atoms with E-state index in [1.807, 2.05) is 0 Å². The summed E-state index contributed by atoms with van der Waals surface area (Å²) < 4.78 is 21.9. The standard InChI is InChI=1S/C21H23Cl3N2O6/c1-6-30-18(27)15-16(14-12(23)7-11(22)8-13(14)24)25-32-17(15)21(29-5)9-26(10-21)19(28)31-20(2,3)4/h7-8H,6,9-10H2,1-5H3. The smallest absolute Gasteiger partial charge is 0.410 e. The van der Waals surface area contributed by atoms with Crippen LogP contribution in [0.5, 0.6) is 0 Å². The van der Waals surface area contributed by atoms with Gasteiger partial charge in [0.05, 0.1) is 29.7 Å². The monoisotopic (exact) mass is 504 g/mol. The Kier molecular flexibility index (Phi) is 7.00. The van der Waals surface area contributed by atoms with Crippen LogP contribution in [0.2, 0.25) is 15.1 Å². The minimum absolute atomic E-state index is 0.0173. The number of ether oxygens (including phenoxy) is 3. The largest absolute Gasteiger partial charge is 0.462 e. The fraction of sp³-hybridized carbons (Fsp3) is 0.476. The van der Waals surface area contributed by atoms with Crippen molar-refractivity contribution in [3.05, 3.63) is 38.5 Å². The van der Waals surface area contributed by atoms with Gasteiger partial charge in [0.2, 0.25) is 0 Å². The zero-order valence-corrected chi connectivity index (χ0v) is 20.5. The summed E-state index contributed by atoms with van der Waals surface area (Å²) >= 11 is 18.7. The van der Waals surface area contributed by atoms with Gasteiger partial charge in [-0.25, -0.2) is 9.59 Å². The molecule has 0 bridgehead atoms. The summed E-state index contributed by atoms with van der Waals surface area (Å²) in [5.74, 6) is -0.580. The van der Waals surface area contributed by atoms with Gasteiger partial charge in [-0.3, -0.25) is 0 Å². The molecule has 0 N–H and O–H groups in total. The van der Waals surface area contributed by atoms with E-state index in [1.165, 1.54) is 24.1 Å². The lowest BCUT2D eigenvalue weighted by Crippen LogP contribution is -2.63. The number of rotatable bonds is 5. The fourth-order valence-electron chi connectivity index (χ4n) is 3.32. The summed E-state index contributed by atoms with van der Waals surface area (Å²) in [4.78, 5) is 26.8. The number of nitrogens with zero attached hydrogens (tertiary/aromatic N) is 2. The predicted octanol–water partition coefficient (Wildman–Crippen LogP) is 5.57. The van der Waals surface area contributed by atoms with Crippen molar-refractivity contribution in [3.8, 4) is 11.3 Å². The van der Waals surface area contributed by atoms with Crippen LogP contribution >= 0.6 is 34.8 Å². The number of esters is 1. The van der Waals surface area contributed by atoms with E-state index in [9.17, 15) is 9.59 Å². The number of methoxy groups -OCH3 is 1. The lowest BCUT2D eigenvalue weighted by molar-refractivity contribution is -0.139. The van der Waals surface area contributed by atoms with Gasteiger partial charge in [0.1, 0.15) is 16.9 Å². The van der Waals surface area contributed by atoms with Gasteiger partial charge in [-0.1, -0.05) is 40.0 Å². The maximum Gasteiger partial charge on any atom is 0.410 e. The molecule has 1 aliphatic rings. The van der Waals surface area contributed by atoms with Crippen molar-refractivity contribution in [2.45, 2.75) is 38.9 Å². The van der Waals surface area contributed by atoms with Gasteiger partial charge >= 0.3 is 12.1 Å². The summed E-state index contributed by atoms with van der Waals surface area (Å²) in [6.45, 7) is 7.28. The highest BCUT2D eigenvalue weighted by Crippen LogP contribution is 2.44. The molecule has 11 heteroatoms. The highest BCUT2D eigenvalue weighted by molar-refractivity contribution is 6.42. The quantitative estimate of drug-likeness (QED) is 0.490. The zero-order valence-electron chi connectivity index (χ0n) is 18.3. The van der Waals surface area contributed by atoms with Crippen LogP contribution in [0.15, 0.2) is 16.7 Å². The van der Waals surface area contributed by atoms with Crippen LogP contribution in [-0.2, 0) is 19.8 Å². The van der Waals surface area contributed by atoms with Crippen LogP contribution in [0.3, 0.4) is 0 Å². The van der Waals surface area contributed by atoms with Gasteiger partial charge in [-0.2, -0.15) is 0 Å². The maximum atomic E-state index is 12.9. The molecular formula is C21H23Cl3N2O6. The molecule has 8 nitrogen and oxygen atoms in total. The van der Waals surface area contributed by atoms with E-state index in [1.54, 1.807) is 27.7 Å². The Bertz CT molecular complexity index is 1020.